The Labute approximate surface area is 88.5 Å². The highest BCUT2D eigenvalue weighted by Crippen LogP contribution is 2.24. The van der Waals surface area contributed by atoms with Crippen molar-refractivity contribution in [1.29, 1.82) is 0 Å². The number of aromatic hydroxyl groups is 2. The summed E-state index contributed by atoms with van der Waals surface area (Å²) in [7, 11) is 1.16. The molecule has 1 aromatic heterocycles. The van der Waals surface area contributed by atoms with Gasteiger partial charge in [0.2, 0.25) is 5.88 Å². The predicted molar refractivity (Wildman–Crippen MR) is 50.0 cm³/mol. The minimum absolute atomic E-state index is 0.692. The molecule has 0 aromatic carbocycles. The minimum Gasteiger partial charge on any atom is -0.507 e. The van der Waals surface area contributed by atoms with Gasteiger partial charge < -0.3 is 20.7 Å². The van der Waals surface area contributed by atoms with Crippen LogP contribution in [0.1, 0.15) is 10.4 Å². The van der Waals surface area contributed by atoms with Crippen LogP contribution in [0.15, 0.2) is 10.9 Å². The van der Waals surface area contributed by atoms with E-state index in [0.717, 1.165) is 7.05 Å². The largest absolute Gasteiger partial charge is 0.507 e. The van der Waals surface area contributed by atoms with E-state index in [0.29, 0.717) is 10.6 Å². The van der Waals surface area contributed by atoms with Crippen molar-refractivity contribution in [3.63, 3.8) is 0 Å². The van der Waals surface area contributed by atoms with Crippen molar-refractivity contribution in [2.75, 3.05) is 0 Å². The highest BCUT2D eigenvalue weighted by atomic mass is 16.6. The molecule has 1 rings (SSSR count). The van der Waals surface area contributed by atoms with Gasteiger partial charge in [0.05, 0.1) is 0 Å². The first-order valence-electron chi connectivity index (χ1n) is 3.98. The number of hydrogen-bond donors (Lipinski definition) is 3. The number of esters is 1. The first-order valence-corrected chi connectivity index (χ1v) is 3.98. The number of carbonyl (C=O) groups excluding carboxylic acids is 2. The Kier molecular flexibility index (Phi) is 2.84. The summed E-state index contributed by atoms with van der Waals surface area (Å²) in [5.41, 5.74) is 3.15. The fourth-order valence-electron chi connectivity index (χ4n) is 1.01. The van der Waals surface area contributed by atoms with Crippen LogP contribution in [0.3, 0.4) is 0 Å². The lowest BCUT2D eigenvalue weighted by atomic mass is 10.2. The van der Waals surface area contributed by atoms with Crippen molar-refractivity contribution >= 4 is 12.1 Å². The second-order valence-electron chi connectivity index (χ2n) is 2.83. The van der Waals surface area contributed by atoms with Gasteiger partial charge in [0, 0.05) is 13.1 Å². The fourth-order valence-corrected chi connectivity index (χ4v) is 1.01. The highest BCUT2D eigenvalue weighted by molar-refractivity contribution is 5.99. The summed E-state index contributed by atoms with van der Waals surface area (Å²) in [5.74, 6) is -2.97. The van der Waals surface area contributed by atoms with Crippen LogP contribution in [0.2, 0.25) is 0 Å². The number of aromatic nitrogens is 1. The zero-order chi connectivity index (χ0) is 12.5. The average Bonchev–Trinajstić information content (AvgIpc) is 2.13. The van der Waals surface area contributed by atoms with Crippen LogP contribution in [0, 0.1) is 0 Å². The molecule has 0 saturated heterocycles. The number of nitrogens with two attached hydrogens (primary N) is 1. The maximum absolute atomic E-state index is 11.2. The quantitative estimate of drug-likeness (QED) is 0.418. The van der Waals surface area contributed by atoms with Gasteiger partial charge in [-0.2, -0.15) is 0 Å². The molecule has 0 aliphatic carbocycles. The molecule has 4 N–H and O–H groups in total. The van der Waals surface area contributed by atoms with Crippen LogP contribution in [0.5, 0.6) is 11.6 Å². The summed E-state index contributed by atoms with van der Waals surface area (Å²) < 4.78 is 4.65. The molecule has 86 valence electrons. The molecular weight excluding hydrogens is 220 g/mol. The van der Waals surface area contributed by atoms with E-state index in [2.05, 4.69) is 10.5 Å². The van der Waals surface area contributed by atoms with Gasteiger partial charge in [-0.25, -0.2) is 9.59 Å². The molecule has 0 saturated carbocycles. The number of pyridine rings is 1. The summed E-state index contributed by atoms with van der Waals surface area (Å²) >= 11 is 0. The van der Waals surface area contributed by atoms with Crippen molar-refractivity contribution in [2.45, 2.75) is 0 Å². The standard InChI is InChI=1S/C8H8N2O6/c1-10-4(12)2-3(11)5(6(10)13)7(14)16-8(9)15/h2,11,13H,1H3,(H2,9,15). The number of amides is 1. The smallest absolute Gasteiger partial charge is 0.412 e. The number of hydrogen-bond acceptors (Lipinski definition) is 6. The number of carbonyl (C=O) groups is 2. The second kappa shape index (κ2) is 3.93. The van der Waals surface area contributed by atoms with Gasteiger partial charge in [0.1, 0.15) is 5.75 Å². The zero-order valence-electron chi connectivity index (χ0n) is 8.13. The lowest BCUT2D eigenvalue weighted by molar-refractivity contribution is 0.0630. The van der Waals surface area contributed by atoms with Gasteiger partial charge in [-0.05, 0) is 0 Å². The highest BCUT2D eigenvalue weighted by Gasteiger charge is 2.22. The van der Waals surface area contributed by atoms with Gasteiger partial charge in [-0.1, -0.05) is 0 Å². The summed E-state index contributed by atoms with van der Waals surface area (Å²) in [6.07, 6.45) is -1.39. The van der Waals surface area contributed by atoms with Crippen molar-refractivity contribution in [3.05, 3.63) is 22.0 Å². The van der Waals surface area contributed by atoms with Crippen LogP contribution in [-0.4, -0.2) is 26.8 Å². The molecule has 0 spiro atoms. The normalized spacial score (nSPS) is 9.81. The van der Waals surface area contributed by atoms with Crippen molar-refractivity contribution < 1.29 is 24.5 Å². The molecule has 1 heterocycles. The van der Waals surface area contributed by atoms with E-state index in [1.807, 2.05) is 0 Å². The second-order valence-corrected chi connectivity index (χ2v) is 2.83. The van der Waals surface area contributed by atoms with Crippen LogP contribution >= 0.6 is 0 Å². The van der Waals surface area contributed by atoms with E-state index in [4.69, 9.17) is 0 Å². The molecule has 0 radical (unpaired) electrons. The lowest BCUT2D eigenvalue weighted by Gasteiger charge is -2.08. The van der Waals surface area contributed by atoms with Gasteiger partial charge >= 0.3 is 12.1 Å². The molecule has 0 fully saturated rings. The Morgan fingerprint density at radius 1 is 1.44 bits per heavy atom. The van der Waals surface area contributed by atoms with Gasteiger partial charge in [-0.3, -0.25) is 9.36 Å². The van der Waals surface area contributed by atoms with Crippen molar-refractivity contribution in [1.82, 2.24) is 4.57 Å². The topological polar surface area (TPSA) is 132 Å². The van der Waals surface area contributed by atoms with Crippen molar-refractivity contribution in [3.8, 4) is 11.6 Å². The number of nitrogens with zero attached hydrogens (tertiary/aromatic N) is 1. The molecule has 0 atom stereocenters. The van der Waals surface area contributed by atoms with Gasteiger partial charge in [-0.15, -0.1) is 0 Å². The van der Waals surface area contributed by atoms with Gasteiger partial charge in [0.15, 0.2) is 5.56 Å². The molecule has 0 aliphatic rings. The first-order chi connectivity index (χ1) is 7.34. The molecule has 1 amide bonds. The number of rotatable bonds is 1. The molecule has 0 aliphatic heterocycles. The van der Waals surface area contributed by atoms with E-state index >= 15 is 0 Å². The first kappa shape index (κ1) is 11.6. The minimum atomic E-state index is -1.39. The molecule has 1 aromatic rings. The van der Waals surface area contributed by atoms with E-state index in [-0.39, 0.29) is 0 Å². The molecule has 8 heteroatoms. The Morgan fingerprint density at radius 3 is 2.50 bits per heavy atom. The van der Waals surface area contributed by atoms with E-state index in [9.17, 15) is 24.6 Å². The summed E-state index contributed by atoms with van der Waals surface area (Å²) in [6.45, 7) is 0. The molecular formula is C8H8N2O6. The van der Waals surface area contributed by atoms with Crippen LogP contribution in [0.25, 0.3) is 0 Å². The third-order valence-corrected chi connectivity index (χ3v) is 1.79. The molecule has 16 heavy (non-hydrogen) atoms. The monoisotopic (exact) mass is 228 g/mol. The summed E-state index contributed by atoms with van der Waals surface area (Å²) in [5, 5.41) is 18.6. The van der Waals surface area contributed by atoms with E-state index in [1.165, 1.54) is 0 Å². The number of primary amides is 1. The third kappa shape index (κ3) is 1.95. The predicted octanol–water partition coefficient (Wildman–Crippen LogP) is -0.968. The molecule has 8 nitrogen and oxygen atoms in total. The fraction of sp³-hybridized carbons (Fsp3) is 0.125. The van der Waals surface area contributed by atoms with Crippen LogP contribution in [-0.2, 0) is 11.8 Å². The van der Waals surface area contributed by atoms with Gasteiger partial charge in [0.25, 0.3) is 5.56 Å². The zero-order valence-corrected chi connectivity index (χ0v) is 8.13. The Hall–Kier alpha value is -2.51. The summed E-state index contributed by atoms with van der Waals surface area (Å²) in [4.78, 5) is 32.6. The van der Waals surface area contributed by atoms with Crippen molar-refractivity contribution in [2.24, 2.45) is 12.8 Å². The Bertz CT molecular complexity index is 518. The maximum atomic E-state index is 11.2. The van der Waals surface area contributed by atoms with E-state index in [1.54, 1.807) is 0 Å². The molecule has 0 bridgehead atoms. The third-order valence-electron chi connectivity index (χ3n) is 1.79. The van der Waals surface area contributed by atoms with Crippen LogP contribution < -0.4 is 11.3 Å². The Morgan fingerprint density at radius 2 is 2.00 bits per heavy atom. The number of ether oxygens (including phenoxy) is 1. The average molecular weight is 228 g/mol. The SMILES string of the molecule is Cn1c(O)c(C(=O)OC(N)=O)c(O)cc1=O. The summed E-state index contributed by atoms with van der Waals surface area (Å²) in [6, 6.07) is 0.692. The maximum Gasteiger partial charge on any atom is 0.412 e. The van der Waals surface area contributed by atoms with Crippen LogP contribution in [0.4, 0.5) is 4.79 Å². The van der Waals surface area contributed by atoms with E-state index < -0.39 is 34.8 Å². The lowest BCUT2D eigenvalue weighted by Crippen LogP contribution is -2.22. The Balaban J connectivity index is 3.34. The molecule has 0 unspecified atom stereocenters.